The second-order valence-electron chi connectivity index (χ2n) is 4.85. The minimum Gasteiger partial charge on any atom is -0.0925 e. The van der Waals surface area contributed by atoms with Crippen molar-refractivity contribution >= 4 is 15.9 Å². The van der Waals surface area contributed by atoms with Crippen LogP contribution in [-0.4, -0.2) is 5.33 Å². The molecule has 11 heavy (non-hydrogen) atoms. The van der Waals surface area contributed by atoms with E-state index in [1.54, 1.807) is 0 Å². The van der Waals surface area contributed by atoms with Gasteiger partial charge in [-0.1, -0.05) is 29.8 Å². The average molecular weight is 217 g/mol. The Bertz CT molecular complexity index is 162. The van der Waals surface area contributed by atoms with Crippen LogP contribution in [0.1, 0.15) is 33.1 Å². The van der Waals surface area contributed by atoms with Crippen molar-refractivity contribution in [2.75, 3.05) is 5.33 Å². The Morgan fingerprint density at radius 1 is 1.36 bits per heavy atom. The quantitative estimate of drug-likeness (QED) is 0.590. The molecule has 2 bridgehead atoms. The molecular weight excluding hydrogens is 200 g/mol. The molecule has 2 fully saturated rings. The molecule has 2 aliphatic rings. The SMILES string of the molecule is CC1(C)C2CCC(C2)C1CBr. The summed E-state index contributed by atoms with van der Waals surface area (Å²) in [6.45, 7) is 4.92. The van der Waals surface area contributed by atoms with Gasteiger partial charge in [-0.3, -0.25) is 0 Å². The first-order valence-electron chi connectivity index (χ1n) is 4.72. The van der Waals surface area contributed by atoms with Gasteiger partial charge in [0.25, 0.3) is 0 Å². The van der Waals surface area contributed by atoms with Gasteiger partial charge in [-0.25, -0.2) is 0 Å². The maximum Gasteiger partial charge on any atom is 0.00675 e. The third-order valence-electron chi connectivity index (χ3n) is 4.22. The molecule has 3 atom stereocenters. The van der Waals surface area contributed by atoms with E-state index in [-0.39, 0.29) is 0 Å². The molecule has 0 N–H and O–H groups in total. The van der Waals surface area contributed by atoms with Crippen molar-refractivity contribution in [2.24, 2.45) is 23.2 Å². The summed E-state index contributed by atoms with van der Waals surface area (Å²) < 4.78 is 0. The molecule has 0 saturated heterocycles. The lowest BCUT2D eigenvalue weighted by Crippen LogP contribution is -2.31. The molecule has 0 aromatic carbocycles. The van der Waals surface area contributed by atoms with E-state index in [0.717, 1.165) is 17.8 Å². The van der Waals surface area contributed by atoms with E-state index >= 15 is 0 Å². The van der Waals surface area contributed by atoms with E-state index in [1.807, 2.05) is 0 Å². The first kappa shape index (κ1) is 8.10. The fourth-order valence-electron chi connectivity index (χ4n) is 3.29. The maximum atomic E-state index is 3.65. The third kappa shape index (κ3) is 0.998. The zero-order valence-electron chi connectivity index (χ0n) is 7.44. The number of hydrogen-bond acceptors (Lipinski definition) is 0. The van der Waals surface area contributed by atoms with Gasteiger partial charge in [0.15, 0.2) is 0 Å². The Balaban J connectivity index is 2.21. The van der Waals surface area contributed by atoms with Gasteiger partial charge in [0.2, 0.25) is 0 Å². The highest BCUT2D eigenvalue weighted by atomic mass is 79.9. The lowest BCUT2D eigenvalue weighted by molar-refractivity contribution is 0.142. The second-order valence-corrected chi connectivity index (χ2v) is 5.50. The highest BCUT2D eigenvalue weighted by Gasteiger charge is 2.51. The fourth-order valence-corrected chi connectivity index (χ4v) is 4.66. The van der Waals surface area contributed by atoms with Crippen LogP contribution in [0.3, 0.4) is 0 Å². The average Bonchev–Trinajstić information content (AvgIpc) is 2.44. The van der Waals surface area contributed by atoms with E-state index in [1.165, 1.54) is 24.6 Å². The first-order valence-corrected chi connectivity index (χ1v) is 5.84. The van der Waals surface area contributed by atoms with Crippen molar-refractivity contribution in [3.63, 3.8) is 0 Å². The van der Waals surface area contributed by atoms with Gasteiger partial charge in [-0.15, -0.1) is 0 Å². The molecular formula is C10H17Br. The van der Waals surface area contributed by atoms with Gasteiger partial charge in [-0.2, -0.15) is 0 Å². The third-order valence-corrected chi connectivity index (χ3v) is 4.91. The van der Waals surface area contributed by atoms with E-state index in [9.17, 15) is 0 Å². The van der Waals surface area contributed by atoms with E-state index in [0.29, 0.717) is 5.41 Å². The zero-order valence-corrected chi connectivity index (χ0v) is 9.02. The van der Waals surface area contributed by atoms with Crippen LogP contribution in [0.4, 0.5) is 0 Å². The molecule has 2 saturated carbocycles. The van der Waals surface area contributed by atoms with Crippen LogP contribution in [0.2, 0.25) is 0 Å². The van der Waals surface area contributed by atoms with Crippen molar-refractivity contribution in [2.45, 2.75) is 33.1 Å². The first-order chi connectivity index (χ1) is 5.16. The van der Waals surface area contributed by atoms with Gasteiger partial charge in [0.1, 0.15) is 0 Å². The van der Waals surface area contributed by atoms with Crippen LogP contribution in [0.15, 0.2) is 0 Å². The number of halogens is 1. The number of hydrogen-bond donors (Lipinski definition) is 0. The van der Waals surface area contributed by atoms with Crippen molar-refractivity contribution in [3.8, 4) is 0 Å². The van der Waals surface area contributed by atoms with Crippen LogP contribution in [0.5, 0.6) is 0 Å². The number of rotatable bonds is 1. The highest BCUT2D eigenvalue weighted by Crippen LogP contribution is 2.59. The summed E-state index contributed by atoms with van der Waals surface area (Å²) in [7, 11) is 0. The molecule has 0 radical (unpaired) electrons. The van der Waals surface area contributed by atoms with Crippen LogP contribution in [0.25, 0.3) is 0 Å². The predicted octanol–water partition coefficient (Wildman–Crippen LogP) is 3.45. The van der Waals surface area contributed by atoms with Crippen molar-refractivity contribution < 1.29 is 0 Å². The Labute approximate surface area is 77.9 Å². The standard InChI is InChI=1S/C10H17Br/c1-10(2)8-4-3-7(5-8)9(10)6-11/h7-9H,3-6H2,1-2H3. The minimum absolute atomic E-state index is 0.631. The summed E-state index contributed by atoms with van der Waals surface area (Å²) in [5, 5.41) is 1.22. The summed E-state index contributed by atoms with van der Waals surface area (Å²) in [4.78, 5) is 0. The summed E-state index contributed by atoms with van der Waals surface area (Å²) in [5.41, 5.74) is 0.631. The Kier molecular flexibility index (Phi) is 1.83. The summed E-state index contributed by atoms with van der Waals surface area (Å²) in [6.07, 6.45) is 4.52. The van der Waals surface area contributed by atoms with Crippen LogP contribution < -0.4 is 0 Å². The smallest absolute Gasteiger partial charge is 0.00675 e. The van der Waals surface area contributed by atoms with Gasteiger partial charge in [0, 0.05) is 5.33 Å². The lowest BCUT2D eigenvalue weighted by Gasteiger charge is -2.37. The van der Waals surface area contributed by atoms with Crippen molar-refractivity contribution in [1.82, 2.24) is 0 Å². The molecule has 0 amide bonds. The molecule has 0 heterocycles. The number of alkyl halides is 1. The molecule has 3 unspecified atom stereocenters. The molecule has 2 rings (SSSR count). The molecule has 64 valence electrons. The van der Waals surface area contributed by atoms with Crippen LogP contribution in [-0.2, 0) is 0 Å². The van der Waals surface area contributed by atoms with E-state index < -0.39 is 0 Å². The van der Waals surface area contributed by atoms with Crippen LogP contribution >= 0.6 is 15.9 Å². The van der Waals surface area contributed by atoms with Crippen molar-refractivity contribution in [1.29, 1.82) is 0 Å². The largest absolute Gasteiger partial charge is 0.0925 e. The zero-order chi connectivity index (χ0) is 8.06. The van der Waals surface area contributed by atoms with Crippen LogP contribution in [0, 0.1) is 23.2 Å². The Morgan fingerprint density at radius 2 is 2.09 bits per heavy atom. The molecule has 0 aliphatic heterocycles. The van der Waals surface area contributed by atoms with E-state index in [4.69, 9.17) is 0 Å². The molecule has 1 heteroatoms. The molecule has 2 aliphatic carbocycles. The van der Waals surface area contributed by atoms with Gasteiger partial charge in [-0.05, 0) is 42.4 Å². The van der Waals surface area contributed by atoms with Gasteiger partial charge < -0.3 is 0 Å². The molecule has 0 aromatic rings. The summed E-state index contributed by atoms with van der Waals surface area (Å²) in [5.74, 6) is 3.05. The fraction of sp³-hybridized carbons (Fsp3) is 1.00. The Hall–Kier alpha value is 0.480. The van der Waals surface area contributed by atoms with E-state index in [2.05, 4.69) is 29.8 Å². The topological polar surface area (TPSA) is 0 Å². The summed E-state index contributed by atoms with van der Waals surface area (Å²) in [6, 6.07) is 0. The van der Waals surface area contributed by atoms with Gasteiger partial charge >= 0.3 is 0 Å². The lowest BCUT2D eigenvalue weighted by atomic mass is 9.70. The molecule has 0 aromatic heterocycles. The highest BCUT2D eigenvalue weighted by molar-refractivity contribution is 9.09. The molecule has 0 nitrogen and oxygen atoms in total. The summed E-state index contributed by atoms with van der Waals surface area (Å²) >= 11 is 3.65. The normalized spacial score (nSPS) is 46.6. The monoisotopic (exact) mass is 216 g/mol. The predicted molar refractivity (Wildman–Crippen MR) is 51.9 cm³/mol. The Morgan fingerprint density at radius 3 is 2.45 bits per heavy atom. The van der Waals surface area contributed by atoms with Crippen molar-refractivity contribution in [3.05, 3.63) is 0 Å². The minimum atomic E-state index is 0.631. The molecule has 0 spiro atoms. The second kappa shape index (κ2) is 2.48. The van der Waals surface area contributed by atoms with Gasteiger partial charge in [0.05, 0.1) is 0 Å². The maximum absolute atomic E-state index is 3.65. The number of fused-ring (bicyclic) bond motifs is 2.